The molecule has 1 aliphatic rings. The number of rotatable bonds is 9. The number of nitrogens with one attached hydrogen (secondary N) is 2. The summed E-state index contributed by atoms with van der Waals surface area (Å²) in [5.41, 5.74) is 1.77. The number of carbonyl (C=O) groups excluding carboxylic acids is 1. The van der Waals surface area contributed by atoms with E-state index in [1.165, 1.54) is 18.2 Å². The van der Waals surface area contributed by atoms with E-state index in [9.17, 15) is 13.2 Å². The highest BCUT2D eigenvalue weighted by Gasteiger charge is 2.24. The Kier molecular flexibility index (Phi) is 8.76. The average molecular weight is 571 g/mol. The number of amides is 1. The lowest BCUT2D eigenvalue weighted by molar-refractivity contribution is 0.0162. The third kappa shape index (κ3) is 6.50. The maximum Gasteiger partial charge on any atom is 0.264 e. The van der Waals surface area contributed by atoms with Crippen molar-refractivity contribution in [1.29, 1.82) is 0 Å². The third-order valence-corrected chi connectivity index (χ3v) is 8.89. The molecule has 1 amide bonds. The predicted octanol–water partition coefficient (Wildman–Crippen LogP) is 4.67. The highest BCUT2D eigenvalue weighted by atomic mass is 35.5. The van der Waals surface area contributed by atoms with E-state index in [2.05, 4.69) is 14.9 Å². The summed E-state index contributed by atoms with van der Waals surface area (Å²) in [6.45, 7) is 3.21. The number of carbonyl (C=O) groups is 1. The molecule has 1 aromatic heterocycles. The molecule has 4 rings (SSSR count). The Morgan fingerprint density at radius 3 is 2.36 bits per heavy atom. The molecule has 192 valence electrons. The second-order valence-corrected chi connectivity index (χ2v) is 12.0. The normalized spacial score (nSPS) is 15.3. The van der Waals surface area contributed by atoms with Crippen LogP contribution in [0.3, 0.4) is 0 Å². The first-order valence-corrected chi connectivity index (χ1v) is 14.1. The van der Waals surface area contributed by atoms with Crippen LogP contribution < -0.4 is 14.8 Å². The van der Waals surface area contributed by atoms with Crippen LogP contribution in [0.2, 0.25) is 8.67 Å². The Hall–Kier alpha value is -2.34. The van der Waals surface area contributed by atoms with Crippen LogP contribution in [0, 0.1) is 0 Å². The molecule has 3 aromatic rings. The molecule has 0 saturated carbocycles. The zero-order valence-corrected chi connectivity index (χ0v) is 22.5. The summed E-state index contributed by atoms with van der Waals surface area (Å²) >= 11 is 12.8. The molecule has 0 spiro atoms. The molecule has 2 heterocycles. The van der Waals surface area contributed by atoms with Gasteiger partial charge in [0.05, 0.1) is 30.7 Å². The van der Waals surface area contributed by atoms with Crippen LogP contribution in [-0.4, -0.2) is 59.2 Å². The quantitative estimate of drug-likeness (QED) is 0.388. The Labute approximate surface area is 224 Å². The van der Waals surface area contributed by atoms with Gasteiger partial charge in [0, 0.05) is 30.9 Å². The number of morpholine rings is 1. The third-order valence-electron chi connectivity index (χ3n) is 5.76. The van der Waals surface area contributed by atoms with Gasteiger partial charge in [-0.05, 0) is 48.0 Å². The minimum Gasteiger partial charge on any atom is -0.497 e. The van der Waals surface area contributed by atoms with Gasteiger partial charge in [-0.15, -0.1) is 11.3 Å². The maximum atomic E-state index is 12.9. The lowest BCUT2D eigenvalue weighted by atomic mass is 10.0. The Balaban J connectivity index is 1.42. The van der Waals surface area contributed by atoms with Crippen LogP contribution in [0.1, 0.15) is 22.0 Å². The second kappa shape index (κ2) is 11.8. The van der Waals surface area contributed by atoms with Crippen molar-refractivity contribution in [2.24, 2.45) is 0 Å². The van der Waals surface area contributed by atoms with Crippen LogP contribution >= 0.6 is 34.5 Å². The first kappa shape index (κ1) is 26.7. The highest BCUT2D eigenvalue weighted by Crippen LogP contribution is 2.35. The minimum atomic E-state index is -3.91. The van der Waals surface area contributed by atoms with Crippen molar-refractivity contribution in [3.63, 3.8) is 0 Å². The topological polar surface area (TPSA) is 97.0 Å². The zero-order valence-electron chi connectivity index (χ0n) is 19.4. The van der Waals surface area contributed by atoms with E-state index >= 15 is 0 Å². The summed E-state index contributed by atoms with van der Waals surface area (Å²) in [5.74, 6) is 0.507. The van der Waals surface area contributed by atoms with Gasteiger partial charge in [-0.3, -0.25) is 14.4 Å². The van der Waals surface area contributed by atoms with Gasteiger partial charge in [0.1, 0.15) is 15.0 Å². The lowest BCUT2D eigenvalue weighted by Crippen LogP contribution is -2.43. The summed E-state index contributed by atoms with van der Waals surface area (Å²) in [4.78, 5) is 15.1. The number of sulfonamides is 1. The Morgan fingerprint density at radius 1 is 1.11 bits per heavy atom. The van der Waals surface area contributed by atoms with Gasteiger partial charge in [-0.1, -0.05) is 35.3 Å². The number of halogens is 2. The summed E-state index contributed by atoms with van der Waals surface area (Å²) in [5, 5.41) is 3.01. The molecule has 8 nitrogen and oxygen atoms in total. The van der Waals surface area contributed by atoms with Crippen molar-refractivity contribution in [3.05, 3.63) is 74.4 Å². The Bertz CT molecular complexity index is 1290. The molecule has 1 fully saturated rings. The lowest BCUT2D eigenvalue weighted by Gasteiger charge is -2.35. The molecule has 12 heteroatoms. The molecule has 2 aromatic carbocycles. The molecule has 2 N–H and O–H groups in total. The van der Waals surface area contributed by atoms with Crippen molar-refractivity contribution >= 4 is 56.2 Å². The van der Waals surface area contributed by atoms with Crippen molar-refractivity contribution in [3.8, 4) is 5.75 Å². The van der Waals surface area contributed by atoms with Gasteiger partial charge in [-0.25, -0.2) is 8.42 Å². The molecule has 1 aliphatic heterocycles. The van der Waals surface area contributed by atoms with Crippen molar-refractivity contribution in [2.75, 3.05) is 44.7 Å². The fraction of sp³-hybridized carbons (Fsp3) is 0.292. The van der Waals surface area contributed by atoms with E-state index in [1.54, 1.807) is 19.2 Å². The van der Waals surface area contributed by atoms with Crippen LogP contribution in [0.5, 0.6) is 5.75 Å². The first-order chi connectivity index (χ1) is 17.3. The zero-order chi connectivity index (χ0) is 25.7. The maximum absolute atomic E-state index is 12.9. The number of hydrogen-bond acceptors (Lipinski definition) is 7. The highest BCUT2D eigenvalue weighted by molar-refractivity contribution is 7.93. The van der Waals surface area contributed by atoms with Crippen molar-refractivity contribution < 1.29 is 22.7 Å². The first-order valence-electron chi connectivity index (χ1n) is 11.1. The smallest absolute Gasteiger partial charge is 0.264 e. The van der Waals surface area contributed by atoms with Gasteiger partial charge in [0.15, 0.2) is 0 Å². The molecule has 1 atom stereocenters. The number of thiophene rings is 1. The summed E-state index contributed by atoms with van der Waals surface area (Å²) in [6.07, 6.45) is 0. The summed E-state index contributed by atoms with van der Waals surface area (Å²) < 4.78 is 38.8. The van der Waals surface area contributed by atoms with E-state index in [0.29, 0.717) is 31.0 Å². The SMILES string of the molecule is COc1ccc([C@H](CNC(=O)c2ccc(NS(=O)(=O)c3cc(Cl)sc3Cl)cc2)N2CCOCC2)cc1. The average Bonchev–Trinajstić information content (AvgIpc) is 3.24. The molecule has 0 radical (unpaired) electrons. The van der Waals surface area contributed by atoms with Crippen LogP contribution in [0.4, 0.5) is 5.69 Å². The van der Waals surface area contributed by atoms with E-state index in [4.69, 9.17) is 32.7 Å². The predicted molar refractivity (Wildman–Crippen MR) is 142 cm³/mol. The molecular weight excluding hydrogens is 545 g/mol. The monoisotopic (exact) mass is 569 g/mol. The summed E-state index contributed by atoms with van der Waals surface area (Å²) in [6, 6.07) is 15.2. The van der Waals surface area contributed by atoms with E-state index in [0.717, 1.165) is 35.7 Å². The molecule has 0 unspecified atom stereocenters. The van der Waals surface area contributed by atoms with E-state index in [-0.39, 0.29) is 25.5 Å². The number of ether oxygens (including phenoxy) is 2. The molecule has 0 bridgehead atoms. The van der Waals surface area contributed by atoms with Gasteiger partial charge in [0.25, 0.3) is 15.9 Å². The van der Waals surface area contributed by atoms with Crippen LogP contribution in [-0.2, 0) is 14.8 Å². The summed E-state index contributed by atoms with van der Waals surface area (Å²) in [7, 11) is -2.28. The number of hydrogen-bond donors (Lipinski definition) is 2. The standard InChI is InChI=1S/C24H25Cl2N3O5S2/c1-33-19-8-4-16(5-9-19)20(29-10-12-34-13-11-29)15-27-24(30)17-2-6-18(7-3-17)28-36(31,32)21-14-22(25)35-23(21)26/h2-9,14,20,28H,10-13,15H2,1H3,(H,27,30)/t20-/m0/s1. The van der Waals surface area contributed by atoms with Crippen LogP contribution in [0.15, 0.2) is 59.5 Å². The van der Waals surface area contributed by atoms with Gasteiger partial charge >= 0.3 is 0 Å². The Morgan fingerprint density at radius 2 is 1.78 bits per heavy atom. The number of benzene rings is 2. The number of anilines is 1. The van der Waals surface area contributed by atoms with Crippen molar-refractivity contribution in [1.82, 2.24) is 10.2 Å². The van der Waals surface area contributed by atoms with E-state index < -0.39 is 10.0 Å². The fourth-order valence-corrected chi connectivity index (χ4v) is 7.08. The fourth-order valence-electron chi connectivity index (χ4n) is 3.87. The van der Waals surface area contributed by atoms with Gasteiger partial charge in [-0.2, -0.15) is 0 Å². The molecule has 1 saturated heterocycles. The van der Waals surface area contributed by atoms with Gasteiger partial charge < -0.3 is 14.8 Å². The van der Waals surface area contributed by atoms with E-state index in [1.807, 2.05) is 24.3 Å². The van der Waals surface area contributed by atoms with Crippen molar-refractivity contribution in [2.45, 2.75) is 10.9 Å². The number of methoxy groups -OCH3 is 1. The molecule has 0 aliphatic carbocycles. The van der Waals surface area contributed by atoms with Gasteiger partial charge in [0.2, 0.25) is 0 Å². The number of nitrogens with zero attached hydrogens (tertiary/aromatic N) is 1. The minimum absolute atomic E-state index is 0.0305. The largest absolute Gasteiger partial charge is 0.497 e. The molecular formula is C24H25Cl2N3O5S2. The van der Waals surface area contributed by atoms with Crippen LogP contribution in [0.25, 0.3) is 0 Å². The molecule has 36 heavy (non-hydrogen) atoms. The second-order valence-electron chi connectivity index (χ2n) is 8.02.